The summed E-state index contributed by atoms with van der Waals surface area (Å²) in [5, 5.41) is 16.1. The zero-order chi connectivity index (χ0) is 24.8. The van der Waals surface area contributed by atoms with Gasteiger partial charge in [-0.25, -0.2) is 0 Å². The van der Waals surface area contributed by atoms with Gasteiger partial charge in [0, 0.05) is 0 Å². The van der Waals surface area contributed by atoms with Crippen LogP contribution in [0.5, 0.6) is 0 Å². The fourth-order valence-electron chi connectivity index (χ4n) is 3.28. The third-order valence-electron chi connectivity index (χ3n) is 4.91. The van der Waals surface area contributed by atoms with Gasteiger partial charge in [0.2, 0.25) is 0 Å². The van der Waals surface area contributed by atoms with Crippen molar-refractivity contribution in [1.82, 2.24) is 15.0 Å². The molecule has 4 aromatic rings. The van der Waals surface area contributed by atoms with Crippen molar-refractivity contribution in [1.29, 1.82) is 0 Å². The van der Waals surface area contributed by atoms with Crippen LogP contribution in [-0.4, -0.2) is 53.2 Å². The van der Waals surface area contributed by atoms with Gasteiger partial charge in [-0.15, -0.1) is 0 Å². The molecule has 35 heavy (non-hydrogen) atoms. The molecule has 0 spiro atoms. The molecule has 0 amide bonds. The van der Waals surface area contributed by atoms with E-state index in [0.29, 0.717) is 46.1 Å². The van der Waals surface area contributed by atoms with Crippen LogP contribution in [0.2, 0.25) is 5.02 Å². The Bertz CT molecular complexity index is 1340. The van der Waals surface area contributed by atoms with Gasteiger partial charge in [0.1, 0.15) is 0 Å². The second-order valence-corrected chi connectivity index (χ2v) is 8.82. The normalized spacial score (nSPS) is 10.7. The fraction of sp³-hybridized carbons (Fsp3) is 0.174. The van der Waals surface area contributed by atoms with Gasteiger partial charge < -0.3 is 0 Å². The molecule has 0 aliphatic carbocycles. The maximum atomic E-state index is 13.5. The van der Waals surface area contributed by atoms with Crippen molar-refractivity contribution in [3.63, 3.8) is 0 Å². The van der Waals surface area contributed by atoms with Crippen molar-refractivity contribution in [3.05, 3.63) is 64.5 Å². The number of nitrogens with one attached hydrogen (secondary N) is 2. The Kier molecular flexibility index (Phi) is 8.01. The summed E-state index contributed by atoms with van der Waals surface area (Å²) >= 11 is 7.00. The molecule has 8 nitrogen and oxygen atoms in total. The van der Waals surface area contributed by atoms with Crippen LogP contribution in [0.3, 0.4) is 0 Å². The summed E-state index contributed by atoms with van der Waals surface area (Å²) in [5.41, 5.74) is 2.25. The molecular formula is C23H20BClFN5O3S. The molecule has 3 heterocycles. The van der Waals surface area contributed by atoms with E-state index < -0.39 is 11.8 Å². The van der Waals surface area contributed by atoms with Gasteiger partial charge in [-0.05, 0) is 0 Å². The van der Waals surface area contributed by atoms with Crippen molar-refractivity contribution in [2.24, 2.45) is 0 Å². The van der Waals surface area contributed by atoms with Crippen LogP contribution in [0.25, 0.3) is 21.5 Å². The van der Waals surface area contributed by atoms with Crippen molar-refractivity contribution >= 4 is 53.3 Å². The molecule has 12 heteroatoms. The molecule has 0 aliphatic heterocycles. The van der Waals surface area contributed by atoms with E-state index in [1.165, 1.54) is 18.2 Å². The summed E-state index contributed by atoms with van der Waals surface area (Å²) in [6.07, 6.45) is 3.96. The number of carboxylic acids is 1. The molecule has 3 aromatic heterocycles. The zero-order valence-corrected chi connectivity index (χ0v) is 20.2. The predicted octanol–water partition coefficient (Wildman–Crippen LogP) is 5.29. The number of carbonyl (C=O) groups is 1. The van der Waals surface area contributed by atoms with E-state index in [0.717, 1.165) is 17.8 Å². The van der Waals surface area contributed by atoms with Crippen LogP contribution >= 0.6 is 22.9 Å². The standard InChI is InChI=1S/C23H20BClFN5O3S/c1-34-10-4-9-28-21-14(12-29-23(31-21)30-13-6-7-16(26)15(25)11-13)20-24-18(19(35-20)22(32)33)17-5-2-3-8-27-17/h2-3,5-8,11-12H,4,9-10H2,1H3,(H,32,33)(H2,28,29,30,31). The van der Waals surface area contributed by atoms with Gasteiger partial charge in [-0.1, -0.05) is 0 Å². The van der Waals surface area contributed by atoms with Gasteiger partial charge in [0.15, 0.2) is 0 Å². The van der Waals surface area contributed by atoms with E-state index in [-0.39, 0.29) is 15.8 Å². The molecule has 0 saturated heterocycles. The molecule has 0 fully saturated rings. The van der Waals surface area contributed by atoms with Crippen LogP contribution in [0.1, 0.15) is 16.1 Å². The second kappa shape index (κ2) is 11.3. The molecule has 0 bridgehead atoms. The number of hydrogen-bond donors (Lipinski definition) is 3. The Morgan fingerprint density at radius 3 is 2.86 bits per heavy atom. The van der Waals surface area contributed by atoms with Gasteiger partial charge in [0.25, 0.3) is 0 Å². The molecule has 0 atom stereocenters. The number of hydrogen-bond acceptors (Lipinski definition) is 8. The summed E-state index contributed by atoms with van der Waals surface area (Å²) in [6, 6.07) is 9.56. The van der Waals surface area contributed by atoms with Crippen LogP contribution in [0.4, 0.5) is 21.8 Å². The van der Waals surface area contributed by atoms with Gasteiger partial charge in [-0.3, -0.25) is 0 Å². The molecule has 1 aromatic carbocycles. The molecule has 0 unspecified atom stereocenters. The van der Waals surface area contributed by atoms with E-state index in [2.05, 4.69) is 25.6 Å². The Labute approximate surface area is 210 Å². The minimum absolute atomic E-state index is 0.0219. The van der Waals surface area contributed by atoms with E-state index in [1.807, 2.05) is 0 Å². The maximum absolute atomic E-state index is 13.5. The van der Waals surface area contributed by atoms with E-state index in [9.17, 15) is 14.3 Å². The summed E-state index contributed by atoms with van der Waals surface area (Å²) in [7, 11) is 1.63. The Morgan fingerprint density at radius 1 is 1.29 bits per heavy atom. The second-order valence-electron chi connectivity index (χ2n) is 7.36. The number of carboxylic acid groups (broad SMARTS) is 1. The SMILES string of the molecule is COCCCNc1nc(Nc2ccc(F)c(Cl)c2)ncc1-c1bc(-c2ccccn2)c(C(=O)O)s1. The molecule has 0 aliphatic rings. The number of nitrogens with zero attached hydrogens (tertiary/aromatic N) is 3. The fourth-order valence-corrected chi connectivity index (χ4v) is 4.48. The first-order chi connectivity index (χ1) is 17.0. The number of methoxy groups -OCH3 is 1. The predicted molar refractivity (Wildman–Crippen MR) is 137 cm³/mol. The van der Waals surface area contributed by atoms with Crippen LogP contribution in [-0.2, 0) is 4.74 Å². The first-order valence-corrected chi connectivity index (χ1v) is 11.8. The average molecular weight is 512 g/mol. The number of pyridine rings is 1. The Balaban J connectivity index is 1.71. The Hall–Kier alpha value is -3.41. The van der Waals surface area contributed by atoms with Crippen molar-refractivity contribution in [3.8, 4) is 21.5 Å². The number of rotatable bonds is 10. The van der Waals surface area contributed by atoms with Gasteiger partial charge in [0.05, 0.1) is 0 Å². The summed E-state index contributed by atoms with van der Waals surface area (Å²) in [4.78, 5) is 25.4. The van der Waals surface area contributed by atoms with Gasteiger partial charge >= 0.3 is 211 Å². The zero-order valence-electron chi connectivity index (χ0n) is 18.6. The molecule has 4 rings (SSSR count). The molecule has 0 radical (unpaired) electrons. The number of aromatic nitrogens is 3. The van der Waals surface area contributed by atoms with Gasteiger partial charge in [-0.2, -0.15) is 0 Å². The number of aromatic carboxylic acids is 1. The number of anilines is 3. The number of benzene rings is 1. The van der Waals surface area contributed by atoms with Crippen LogP contribution < -0.4 is 10.6 Å². The van der Waals surface area contributed by atoms with Crippen molar-refractivity contribution in [2.75, 3.05) is 30.9 Å². The molecule has 0 saturated carbocycles. The number of halogens is 2. The topological polar surface area (TPSA) is 109 Å². The third-order valence-corrected chi connectivity index (χ3v) is 6.36. The summed E-state index contributed by atoms with van der Waals surface area (Å²) < 4.78 is 19.3. The first kappa shape index (κ1) is 24.7. The number of ether oxygens (including phenoxy) is 1. The molecule has 3 N–H and O–H groups in total. The quantitative estimate of drug-likeness (QED) is 0.247. The molecule has 178 valence electrons. The van der Waals surface area contributed by atoms with Crippen molar-refractivity contribution in [2.45, 2.75) is 6.42 Å². The molecular weight excluding hydrogens is 492 g/mol. The van der Waals surface area contributed by atoms with E-state index in [4.69, 9.17) is 16.3 Å². The summed E-state index contributed by atoms with van der Waals surface area (Å²) in [5.74, 6) is -0.781. The average Bonchev–Trinajstić information content (AvgIpc) is 3.31. The Morgan fingerprint density at radius 2 is 2.14 bits per heavy atom. The summed E-state index contributed by atoms with van der Waals surface area (Å²) in [6.45, 7) is 2.92. The van der Waals surface area contributed by atoms with Crippen LogP contribution in [0.15, 0.2) is 48.8 Å². The van der Waals surface area contributed by atoms with Crippen LogP contribution in [0, 0.1) is 5.82 Å². The van der Waals surface area contributed by atoms with E-state index in [1.54, 1.807) is 44.6 Å². The van der Waals surface area contributed by atoms with E-state index >= 15 is 0 Å². The third kappa shape index (κ3) is 6.00. The first-order valence-electron chi connectivity index (χ1n) is 10.6. The monoisotopic (exact) mass is 511 g/mol. The minimum atomic E-state index is -1.04. The van der Waals surface area contributed by atoms with Crippen molar-refractivity contribution < 1.29 is 19.0 Å².